The number of halogens is 1. The zero-order chi connectivity index (χ0) is 18.5. The second kappa shape index (κ2) is 8.73. The third-order valence-electron chi connectivity index (χ3n) is 5.17. The molecule has 0 saturated carbocycles. The Balaban J connectivity index is 1.53. The summed E-state index contributed by atoms with van der Waals surface area (Å²) >= 11 is 6.01. The summed E-state index contributed by atoms with van der Waals surface area (Å²) in [6.45, 7) is 2.58. The number of benzene rings is 1. The summed E-state index contributed by atoms with van der Waals surface area (Å²) in [7, 11) is 1.55. The van der Waals surface area contributed by atoms with Gasteiger partial charge in [-0.3, -0.25) is 9.59 Å². The Hall–Kier alpha value is -1.79. The van der Waals surface area contributed by atoms with Gasteiger partial charge in [0.1, 0.15) is 5.75 Å². The van der Waals surface area contributed by atoms with Crippen LogP contribution in [0.4, 0.5) is 5.69 Å². The molecule has 0 unspecified atom stereocenters. The van der Waals surface area contributed by atoms with Gasteiger partial charge >= 0.3 is 0 Å². The smallest absolute Gasteiger partial charge is 0.227 e. The molecule has 142 valence electrons. The maximum Gasteiger partial charge on any atom is 0.227 e. The van der Waals surface area contributed by atoms with Crippen molar-refractivity contribution in [3.05, 3.63) is 23.2 Å². The molecular weight excluding hydrogens is 356 g/mol. The van der Waals surface area contributed by atoms with Crippen LogP contribution in [0.15, 0.2) is 18.2 Å². The summed E-state index contributed by atoms with van der Waals surface area (Å²) in [5.74, 6) is 0.699. The van der Waals surface area contributed by atoms with E-state index in [0.717, 1.165) is 12.8 Å². The largest absolute Gasteiger partial charge is 0.495 e. The molecule has 0 atom stereocenters. The fourth-order valence-corrected chi connectivity index (χ4v) is 3.75. The molecule has 1 aromatic carbocycles. The zero-order valence-electron chi connectivity index (χ0n) is 15.0. The number of nitrogens with one attached hydrogen (secondary N) is 1. The third-order valence-corrected chi connectivity index (χ3v) is 5.40. The third kappa shape index (κ3) is 4.48. The highest BCUT2D eigenvalue weighted by atomic mass is 35.5. The van der Waals surface area contributed by atoms with Crippen LogP contribution in [0.25, 0.3) is 0 Å². The van der Waals surface area contributed by atoms with Gasteiger partial charge in [0, 0.05) is 43.2 Å². The molecule has 1 N–H and O–H groups in total. The normalized spacial score (nSPS) is 19.2. The van der Waals surface area contributed by atoms with Crippen molar-refractivity contribution < 1.29 is 19.1 Å². The molecule has 2 heterocycles. The average molecular weight is 381 g/mol. The molecule has 0 aliphatic carbocycles. The second-order valence-electron chi connectivity index (χ2n) is 6.82. The van der Waals surface area contributed by atoms with Crippen molar-refractivity contribution in [1.82, 2.24) is 4.90 Å². The molecule has 0 spiro atoms. The van der Waals surface area contributed by atoms with E-state index < -0.39 is 0 Å². The van der Waals surface area contributed by atoms with Gasteiger partial charge in [0.25, 0.3) is 0 Å². The van der Waals surface area contributed by atoms with Gasteiger partial charge in [0.15, 0.2) is 0 Å². The van der Waals surface area contributed by atoms with Crippen LogP contribution in [0.2, 0.25) is 5.02 Å². The van der Waals surface area contributed by atoms with E-state index >= 15 is 0 Å². The minimum atomic E-state index is -0.113. The lowest BCUT2D eigenvalue weighted by molar-refractivity contribution is -0.141. The number of piperidine rings is 1. The number of likely N-dealkylation sites (tertiary alicyclic amines) is 1. The summed E-state index contributed by atoms with van der Waals surface area (Å²) in [5.41, 5.74) is 0.575. The van der Waals surface area contributed by atoms with Gasteiger partial charge in [-0.15, -0.1) is 0 Å². The molecule has 1 aromatic rings. The monoisotopic (exact) mass is 380 g/mol. The number of nitrogens with zero attached hydrogens (tertiary/aromatic N) is 1. The maximum absolute atomic E-state index is 12.6. The number of hydrogen-bond donors (Lipinski definition) is 1. The van der Waals surface area contributed by atoms with Crippen LogP contribution in [0.5, 0.6) is 5.75 Å². The summed E-state index contributed by atoms with van der Waals surface area (Å²) in [4.78, 5) is 27.1. The van der Waals surface area contributed by atoms with E-state index in [1.165, 1.54) is 0 Å². The number of amides is 2. The molecule has 0 bridgehead atoms. The molecular formula is C19H25ClN2O4. The highest BCUT2D eigenvalue weighted by Gasteiger charge is 2.31. The van der Waals surface area contributed by atoms with Gasteiger partial charge in [0.05, 0.1) is 12.8 Å². The zero-order valence-corrected chi connectivity index (χ0v) is 15.8. The van der Waals surface area contributed by atoms with Crippen LogP contribution in [-0.4, -0.2) is 50.1 Å². The molecule has 2 aliphatic heterocycles. The van der Waals surface area contributed by atoms with Crippen molar-refractivity contribution in [2.75, 3.05) is 38.7 Å². The molecule has 26 heavy (non-hydrogen) atoms. The number of carbonyl (C=O) groups excluding carboxylic acids is 2. The number of carbonyl (C=O) groups is 2. The quantitative estimate of drug-likeness (QED) is 0.872. The second-order valence-corrected chi connectivity index (χ2v) is 7.26. The van der Waals surface area contributed by atoms with E-state index in [1.54, 1.807) is 25.3 Å². The molecule has 2 aliphatic rings. The lowest BCUT2D eigenvalue weighted by atomic mass is 9.93. The number of hydrogen-bond acceptors (Lipinski definition) is 4. The number of ether oxygens (including phenoxy) is 2. The average Bonchev–Trinajstić information content (AvgIpc) is 2.68. The molecule has 0 radical (unpaired) electrons. The Morgan fingerprint density at radius 3 is 2.50 bits per heavy atom. The van der Waals surface area contributed by atoms with E-state index in [0.29, 0.717) is 55.6 Å². The highest BCUT2D eigenvalue weighted by molar-refractivity contribution is 6.31. The van der Waals surface area contributed by atoms with Crippen LogP contribution in [0, 0.1) is 11.8 Å². The predicted octanol–water partition coefficient (Wildman–Crippen LogP) is 2.95. The predicted molar refractivity (Wildman–Crippen MR) is 99.5 cm³/mol. The summed E-state index contributed by atoms with van der Waals surface area (Å²) in [5, 5.41) is 3.45. The minimum absolute atomic E-state index is 0.0521. The Morgan fingerprint density at radius 2 is 1.85 bits per heavy atom. The molecule has 6 nitrogen and oxygen atoms in total. The number of methoxy groups -OCH3 is 1. The van der Waals surface area contributed by atoms with Crippen molar-refractivity contribution in [1.29, 1.82) is 0 Å². The first-order valence-electron chi connectivity index (χ1n) is 9.09. The van der Waals surface area contributed by atoms with Crippen molar-refractivity contribution in [3.63, 3.8) is 0 Å². The van der Waals surface area contributed by atoms with Crippen LogP contribution < -0.4 is 10.1 Å². The first-order valence-corrected chi connectivity index (χ1v) is 9.47. The number of rotatable bonds is 4. The highest BCUT2D eigenvalue weighted by Crippen LogP contribution is 2.29. The van der Waals surface area contributed by atoms with Crippen LogP contribution in [0.3, 0.4) is 0 Å². The fraction of sp³-hybridized carbons (Fsp3) is 0.579. The van der Waals surface area contributed by atoms with Crippen molar-refractivity contribution in [2.45, 2.75) is 25.7 Å². The first kappa shape index (κ1) is 19.0. The van der Waals surface area contributed by atoms with E-state index in [4.69, 9.17) is 21.1 Å². The summed E-state index contributed by atoms with van der Waals surface area (Å²) in [6, 6.07) is 5.13. The van der Waals surface area contributed by atoms with Gasteiger partial charge in [-0.05, 0) is 43.9 Å². The Morgan fingerprint density at radius 1 is 1.15 bits per heavy atom. The van der Waals surface area contributed by atoms with Crippen molar-refractivity contribution >= 4 is 29.1 Å². The molecule has 3 rings (SSSR count). The van der Waals surface area contributed by atoms with E-state index in [9.17, 15) is 9.59 Å². The van der Waals surface area contributed by atoms with Crippen molar-refractivity contribution in [2.24, 2.45) is 11.8 Å². The molecule has 2 amide bonds. The standard InChI is InChI=1S/C19H25ClN2O4/c1-25-17-3-2-15(20)12-16(17)21-18(23)13-4-8-22(9-5-13)19(24)14-6-10-26-11-7-14/h2-3,12-14H,4-11H2,1H3,(H,21,23). The van der Waals surface area contributed by atoms with E-state index in [2.05, 4.69) is 5.32 Å². The van der Waals surface area contributed by atoms with Gasteiger partial charge < -0.3 is 19.7 Å². The van der Waals surface area contributed by atoms with Crippen LogP contribution in [-0.2, 0) is 14.3 Å². The minimum Gasteiger partial charge on any atom is -0.495 e. The van der Waals surface area contributed by atoms with E-state index in [-0.39, 0.29) is 23.7 Å². The molecule has 0 aromatic heterocycles. The number of anilines is 1. The lowest BCUT2D eigenvalue weighted by Crippen LogP contribution is -2.45. The topological polar surface area (TPSA) is 67.9 Å². The molecule has 2 saturated heterocycles. The van der Waals surface area contributed by atoms with Crippen LogP contribution in [0.1, 0.15) is 25.7 Å². The Bertz CT molecular complexity index is 653. The molecule has 7 heteroatoms. The molecule has 2 fully saturated rings. The van der Waals surface area contributed by atoms with Gasteiger partial charge in [-0.1, -0.05) is 11.6 Å². The maximum atomic E-state index is 12.6. The van der Waals surface area contributed by atoms with Crippen LogP contribution >= 0.6 is 11.6 Å². The van der Waals surface area contributed by atoms with Crippen molar-refractivity contribution in [3.8, 4) is 5.75 Å². The summed E-state index contributed by atoms with van der Waals surface area (Å²) < 4.78 is 10.6. The fourth-order valence-electron chi connectivity index (χ4n) is 3.58. The SMILES string of the molecule is COc1ccc(Cl)cc1NC(=O)C1CCN(C(=O)C2CCOCC2)CC1. The lowest BCUT2D eigenvalue weighted by Gasteiger charge is -2.34. The summed E-state index contributed by atoms with van der Waals surface area (Å²) in [6.07, 6.45) is 2.94. The Kier molecular flexibility index (Phi) is 6.38. The van der Waals surface area contributed by atoms with Gasteiger partial charge in [-0.25, -0.2) is 0 Å². The first-order chi connectivity index (χ1) is 12.6. The Labute approximate surface area is 158 Å². The van der Waals surface area contributed by atoms with Gasteiger partial charge in [0.2, 0.25) is 11.8 Å². The van der Waals surface area contributed by atoms with Gasteiger partial charge in [-0.2, -0.15) is 0 Å². The van der Waals surface area contributed by atoms with E-state index in [1.807, 2.05) is 4.90 Å².